The first-order chi connectivity index (χ1) is 24.3. The average Bonchev–Trinajstić information content (AvgIpc) is 4.00. The summed E-state index contributed by atoms with van der Waals surface area (Å²) in [6.07, 6.45) is 5.07. The number of carbonyl (C=O) groups is 4. The van der Waals surface area contributed by atoms with Gasteiger partial charge in [0.1, 0.15) is 35.4 Å². The summed E-state index contributed by atoms with van der Waals surface area (Å²) in [6, 6.07) is 5.33. The Balaban J connectivity index is 1.22. The number of hydrogen-bond acceptors (Lipinski definition) is 8. The number of benzene rings is 2. The monoisotopic (exact) mass is 725 g/mol. The summed E-state index contributed by atoms with van der Waals surface area (Å²) in [6.45, 7) is -0.168. The first-order valence-corrected chi connectivity index (χ1v) is 18.6. The van der Waals surface area contributed by atoms with Gasteiger partial charge in [0.2, 0.25) is 27.7 Å². The molecule has 0 radical (unpaired) electrons. The van der Waals surface area contributed by atoms with Crippen molar-refractivity contribution in [3.63, 3.8) is 0 Å². The average molecular weight is 726 g/mol. The summed E-state index contributed by atoms with van der Waals surface area (Å²) >= 11 is 0. The number of rotatable bonds is 6. The van der Waals surface area contributed by atoms with Crippen molar-refractivity contribution < 1.29 is 46.2 Å². The van der Waals surface area contributed by atoms with Gasteiger partial charge in [0.05, 0.1) is 17.3 Å². The minimum absolute atomic E-state index is 0.0541. The highest BCUT2D eigenvalue weighted by molar-refractivity contribution is 7.91. The highest BCUT2D eigenvalue weighted by Gasteiger charge is 2.62. The lowest BCUT2D eigenvalue weighted by Crippen LogP contribution is -2.58. The molecule has 7 rings (SSSR count). The van der Waals surface area contributed by atoms with Crippen molar-refractivity contribution in [2.24, 2.45) is 5.92 Å². The van der Waals surface area contributed by atoms with Crippen LogP contribution >= 0.6 is 0 Å². The zero-order valence-corrected chi connectivity index (χ0v) is 28.3. The van der Waals surface area contributed by atoms with Crippen LogP contribution < -0.4 is 20.1 Å². The van der Waals surface area contributed by atoms with Gasteiger partial charge in [-0.05, 0) is 80.3 Å². The summed E-state index contributed by atoms with van der Waals surface area (Å²) in [5.74, 6) is -3.78. The molecule has 3 fully saturated rings. The van der Waals surface area contributed by atoms with Gasteiger partial charge in [-0.15, -0.1) is 0 Å². The number of sulfonamides is 1. The zero-order chi connectivity index (χ0) is 36.1. The van der Waals surface area contributed by atoms with E-state index in [1.54, 1.807) is 6.08 Å². The van der Waals surface area contributed by atoms with E-state index in [0.717, 1.165) is 6.42 Å². The standard InChI is InChI=1S/C35H37F2N5O8S/c36-20-8-12-24-25(14-20)26-15-21(37)9-13-27(26)38-31(24)50-22-16-29-30(43)40-35(33(45)41-51(48,49)23-10-11-23)17-19(35)6-4-2-1-3-5-7-28(39-34(46)47)32(44)42(29)18-22/h4,6,8-9,12-15,19,22-23,28-29,39H,1-3,5,7,10-11,16-18H2,(H,40,43)(H,41,45)(H,46,47)/t19-,22-,28+,29+,35-/m1/s1. The van der Waals surface area contributed by atoms with Crippen LogP contribution in [0.1, 0.15) is 57.8 Å². The summed E-state index contributed by atoms with van der Waals surface area (Å²) in [5.41, 5.74) is -1.25. The molecular formula is C35H37F2N5O8S. The Kier molecular flexibility index (Phi) is 9.06. The van der Waals surface area contributed by atoms with Crippen molar-refractivity contribution in [3.05, 3.63) is 60.2 Å². The van der Waals surface area contributed by atoms with Gasteiger partial charge in [0, 0.05) is 23.1 Å². The molecule has 0 spiro atoms. The fraction of sp³-hybridized carbons (Fsp3) is 0.457. The molecule has 1 aromatic heterocycles. The topological polar surface area (TPSA) is 184 Å². The van der Waals surface area contributed by atoms with E-state index in [2.05, 4.69) is 20.3 Å². The number of nitrogens with zero attached hydrogens (tertiary/aromatic N) is 2. The van der Waals surface area contributed by atoms with E-state index in [1.165, 1.54) is 41.3 Å². The number of pyridine rings is 1. The molecule has 2 saturated carbocycles. The van der Waals surface area contributed by atoms with Gasteiger partial charge in [0.15, 0.2) is 0 Å². The number of ether oxygens (including phenoxy) is 1. The van der Waals surface area contributed by atoms with Gasteiger partial charge in [0.25, 0.3) is 5.91 Å². The molecule has 2 aliphatic carbocycles. The summed E-state index contributed by atoms with van der Waals surface area (Å²) in [4.78, 5) is 59.4. The number of halogens is 2. The van der Waals surface area contributed by atoms with E-state index in [4.69, 9.17) is 4.74 Å². The van der Waals surface area contributed by atoms with Gasteiger partial charge in [-0.3, -0.25) is 19.1 Å². The first kappa shape index (κ1) is 34.6. The highest BCUT2D eigenvalue weighted by atomic mass is 32.2. The molecule has 4 amide bonds. The van der Waals surface area contributed by atoms with Gasteiger partial charge in [-0.25, -0.2) is 27.0 Å². The molecule has 5 atom stereocenters. The molecule has 4 aliphatic rings. The molecule has 4 N–H and O–H groups in total. The van der Waals surface area contributed by atoms with E-state index in [0.29, 0.717) is 53.8 Å². The molecule has 0 bridgehead atoms. The second kappa shape index (κ2) is 13.4. The fourth-order valence-electron chi connectivity index (χ4n) is 7.16. The lowest BCUT2D eigenvalue weighted by molar-refractivity contribution is -0.141. The molecule has 13 nitrogen and oxygen atoms in total. The molecule has 0 unspecified atom stereocenters. The predicted molar refractivity (Wildman–Crippen MR) is 180 cm³/mol. The Labute approximate surface area is 291 Å². The molecular weight excluding hydrogens is 688 g/mol. The second-order valence-electron chi connectivity index (χ2n) is 13.8. The maximum Gasteiger partial charge on any atom is 0.405 e. The normalized spacial score (nSPS) is 27.1. The number of nitrogens with one attached hydrogen (secondary N) is 3. The summed E-state index contributed by atoms with van der Waals surface area (Å²) < 4.78 is 62.5. The van der Waals surface area contributed by atoms with Crippen molar-refractivity contribution in [2.75, 3.05) is 6.54 Å². The minimum Gasteiger partial charge on any atom is -0.472 e. The molecule has 2 aliphatic heterocycles. The van der Waals surface area contributed by atoms with E-state index in [-0.39, 0.29) is 31.7 Å². The number of hydrogen-bond donors (Lipinski definition) is 4. The number of amides is 4. The van der Waals surface area contributed by atoms with Crippen LogP contribution in [-0.2, 0) is 24.4 Å². The number of carboxylic acid groups (broad SMARTS) is 1. The fourth-order valence-corrected chi connectivity index (χ4v) is 8.52. The van der Waals surface area contributed by atoms with Crippen LogP contribution in [0.15, 0.2) is 48.6 Å². The number of fused-ring (bicyclic) bond motifs is 5. The maximum atomic E-state index is 14.4. The smallest absolute Gasteiger partial charge is 0.405 e. The zero-order valence-electron chi connectivity index (χ0n) is 27.4. The lowest BCUT2D eigenvalue weighted by atomic mass is 10.0. The number of allylic oxidation sites excluding steroid dienone is 1. The SMILES string of the molecule is O=C(O)N[C@H]1CCCCCC=C[C@@H]2C[C@@]2(C(=O)NS(=O)(=O)C2CC2)NC(=O)[C@@H]2C[C@@H](Oc3nc4ccc(F)cc4c4cc(F)ccc34)CN2C1=O. The van der Waals surface area contributed by atoms with Gasteiger partial charge in [-0.1, -0.05) is 25.0 Å². The van der Waals surface area contributed by atoms with Crippen LogP contribution in [0.5, 0.6) is 5.88 Å². The Morgan fingerprint density at radius 3 is 2.49 bits per heavy atom. The largest absolute Gasteiger partial charge is 0.472 e. The third-order valence-corrected chi connectivity index (χ3v) is 11.9. The van der Waals surface area contributed by atoms with E-state index >= 15 is 0 Å². The van der Waals surface area contributed by atoms with Crippen LogP contribution in [-0.4, -0.2) is 82.7 Å². The van der Waals surface area contributed by atoms with Crippen molar-refractivity contribution in [1.82, 2.24) is 25.2 Å². The molecule has 1 saturated heterocycles. The van der Waals surface area contributed by atoms with Gasteiger partial charge < -0.3 is 25.4 Å². The molecule has 270 valence electrons. The first-order valence-electron chi connectivity index (χ1n) is 17.0. The second-order valence-corrected chi connectivity index (χ2v) is 15.7. The van der Waals surface area contributed by atoms with Crippen LogP contribution in [0.3, 0.4) is 0 Å². The van der Waals surface area contributed by atoms with E-state index in [9.17, 15) is 41.5 Å². The number of carbonyl (C=O) groups excluding carboxylic acids is 3. The van der Waals surface area contributed by atoms with Crippen molar-refractivity contribution in [3.8, 4) is 5.88 Å². The van der Waals surface area contributed by atoms with Gasteiger partial charge in [-0.2, -0.15) is 0 Å². The number of aromatic nitrogens is 1. The molecule has 3 heterocycles. The summed E-state index contributed by atoms with van der Waals surface area (Å²) in [7, 11) is -3.93. The Morgan fingerprint density at radius 1 is 1.00 bits per heavy atom. The predicted octanol–water partition coefficient (Wildman–Crippen LogP) is 3.65. The lowest BCUT2D eigenvalue weighted by Gasteiger charge is -2.29. The van der Waals surface area contributed by atoms with Crippen molar-refractivity contribution >= 4 is 55.5 Å². The Hall–Kier alpha value is -4.86. The quantitative estimate of drug-likeness (QED) is 0.218. The van der Waals surface area contributed by atoms with Crippen molar-refractivity contribution in [2.45, 2.75) is 86.8 Å². The minimum atomic E-state index is -3.93. The van der Waals surface area contributed by atoms with Crippen LogP contribution in [0.25, 0.3) is 21.7 Å². The molecule has 3 aromatic rings. The molecule has 16 heteroatoms. The Morgan fingerprint density at radius 2 is 1.75 bits per heavy atom. The summed E-state index contributed by atoms with van der Waals surface area (Å²) in [5, 5.41) is 15.0. The van der Waals surface area contributed by atoms with Crippen LogP contribution in [0.4, 0.5) is 13.6 Å². The van der Waals surface area contributed by atoms with E-state index < -0.39 is 80.4 Å². The highest BCUT2D eigenvalue weighted by Crippen LogP contribution is 2.46. The van der Waals surface area contributed by atoms with Gasteiger partial charge >= 0.3 is 6.09 Å². The van der Waals surface area contributed by atoms with Crippen molar-refractivity contribution in [1.29, 1.82) is 0 Å². The van der Waals surface area contributed by atoms with E-state index in [1.807, 2.05) is 6.08 Å². The third-order valence-electron chi connectivity index (χ3n) is 10.1. The molecule has 2 aromatic carbocycles. The van der Waals surface area contributed by atoms with Crippen LogP contribution in [0, 0.1) is 17.6 Å². The maximum absolute atomic E-state index is 14.4. The molecule has 51 heavy (non-hydrogen) atoms. The Bertz CT molecular complexity index is 2080. The van der Waals surface area contributed by atoms with Crippen LogP contribution in [0.2, 0.25) is 0 Å². The third kappa shape index (κ3) is 7.05.